The fourth-order valence-corrected chi connectivity index (χ4v) is 5.74. The molecule has 1 fully saturated rings. The van der Waals surface area contributed by atoms with Crippen LogP contribution < -0.4 is 5.56 Å². The summed E-state index contributed by atoms with van der Waals surface area (Å²) in [4.78, 5) is 28.1. The van der Waals surface area contributed by atoms with Crippen LogP contribution >= 0.6 is 11.8 Å². The molecule has 0 saturated carbocycles. The van der Waals surface area contributed by atoms with Gasteiger partial charge in [0.05, 0.1) is 16.7 Å². The highest BCUT2D eigenvalue weighted by atomic mass is 32.2. The average molecular weight is 490 g/mol. The monoisotopic (exact) mass is 489 g/mol. The number of hydrogen-bond donors (Lipinski definition) is 0. The molecule has 3 heterocycles. The van der Waals surface area contributed by atoms with Crippen LogP contribution in [0.5, 0.6) is 0 Å². The number of rotatable bonds is 8. The van der Waals surface area contributed by atoms with Crippen molar-refractivity contribution < 1.29 is 4.79 Å². The molecule has 0 aliphatic carbocycles. The van der Waals surface area contributed by atoms with Gasteiger partial charge in [0.15, 0.2) is 5.16 Å². The van der Waals surface area contributed by atoms with Crippen LogP contribution in [0.15, 0.2) is 64.5 Å². The van der Waals surface area contributed by atoms with E-state index in [1.807, 2.05) is 39.6 Å². The third-order valence-electron chi connectivity index (χ3n) is 6.87. The van der Waals surface area contributed by atoms with E-state index < -0.39 is 0 Å². The molecule has 0 radical (unpaired) electrons. The van der Waals surface area contributed by atoms with E-state index in [9.17, 15) is 9.59 Å². The molecule has 8 heteroatoms. The number of para-hydroxylation sites is 1. The molecule has 1 aliphatic rings. The highest BCUT2D eigenvalue weighted by Crippen LogP contribution is 2.25. The third kappa shape index (κ3) is 4.98. The lowest BCUT2D eigenvalue weighted by Gasteiger charge is -2.32. The van der Waals surface area contributed by atoms with Crippen molar-refractivity contribution >= 4 is 34.3 Å². The predicted octanol–water partition coefficient (Wildman–Crippen LogP) is 4.42. The van der Waals surface area contributed by atoms with Crippen molar-refractivity contribution in [3.63, 3.8) is 0 Å². The van der Waals surface area contributed by atoms with E-state index in [-0.39, 0.29) is 11.5 Å². The molecule has 2 aromatic heterocycles. The van der Waals surface area contributed by atoms with Gasteiger partial charge in [0.25, 0.3) is 5.56 Å². The maximum Gasteiger partial charge on any atom is 0.262 e. The first-order valence-electron chi connectivity index (χ1n) is 12.5. The Labute approximate surface area is 209 Å². The Bertz CT molecular complexity index is 1370. The number of hydrogen-bond acceptors (Lipinski definition) is 5. The summed E-state index contributed by atoms with van der Waals surface area (Å²) in [5.41, 5.74) is 2.11. The van der Waals surface area contributed by atoms with Gasteiger partial charge in [-0.2, -0.15) is 0 Å². The molecule has 1 saturated heterocycles. The van der Waals surface area contributed by atoms with Gasteiger partial charge in [0.1, 0.15) is 0 Å². The van der Waals surface area contributed by atoms with Crippen molar-refractivity contribution in [2.24, 2.45) is 5.92 Å². The summed E-state index contributed by atoms with van der Waals surface area (Å²) in [6.07, 6.45) is 5.02. The number of aromatic nitrogens is 4. The number of likely N-dealkylation sites (tertiary alicyclic amines) is 1. The second-order valence-electron chi connectivity index (χ2n) is 9.25. The van der Waals surface area contributed by atoms with Gasteiger partial charge in [0, 0.05) is 19.6 Å². The van der Waals surface area contributed by atoms with Crippen molar-refractivity contribution in [1.82, 2.24) is 24.1 Å². The summed E-state index contributed by atoms with van der Waals surface area (Å²) in [7, 11) is 0. The first-order valence-corrected chi connectivity index (χ1v) is 13.5. The quantitative estimate of drug-likeness (QED) is 0.343. The van der Waals surface area contributed by atoms with E-state index >= 15 is 0 Å². The summed E-state index contributed by atoms with van der Waals surface area (Å²) in [5, 5.41) is 10.0. The van der Waals surface area contributed by atoms with Crippen molar-refractivity contribution in [3.8, 4) is 0 Å². The van der Waals surface area contributed by atoms with Gasteiger partial charge in [-0.05, 0) is 49.3 Å². The van der Waals surface area contributed by atoms with E-state index in [1.165, 1.54) is 17.3 Å². The Morgan fingerprint density at radius 2 is 1.77 bits per heavy atom. The molecule has 35 heavy (non-hydrogen) atoms. The van der Waals surface area contributed by atoms with Crippen LogP contribution in [0.3, 0.4) is 0 Å². The number of thioether (sulfide) groups is 1. The van der Waals surface area contributed by atoms with Gasteiger partial charge in [-0.15, -0.1) is 10.2 Å². The van der Waals surface area contributed by atoms with Crippen LogP contribution in [0.2, 0.25) is 0 Å². The second-order valence-corrected chi connectivity index (χ2v) is 10.2. The Morgan fingerprint density at radius 1 is 1.03 bits per heavy atom. The molecule has 1 amide bonds. The minimum Gasteiger partial charge on any atom is -0.342 e. The topological polar surface area (TPSA) is 72.5 Å². The van der Waals surface area contributed by atoms with Crippen LogP contribution in [-0.2, 0) is 17.8 Å². The van der Waals surface area contributed by atoms with Crippen molar-refractivity contribution in [2.75, 3.05) is 18.8 Å². The highest BCUT2D eigenvalue weighted by molar-refractivity contribution is 7.99. The average Bonchev–Trinajstić information content (AvgIpc) is 3.32. The molecule has 5 rings (SSSR count). The van der Waals surface area contributed by atoms with Crippen LogP contribution in [0.25, 0.3) is 16.7 Å². The number of unbranched alkanes of at least 4 members (excludes halogenated alkanes) is 1. The van der Waals surface area contributed by atoms with Gasteiger partial charge in [-0.1, -0.05) is 67.6 Å². The molecule has 1 aliphatic heterocycles. The van der Waals surface area contributed by atoms with Crippen LogP contribution in [0.4, 0.5) is 0 Å². The molecule has 0 spiro atoms. The lowest BCUT2D eigenvalue weighted by atomic mass is 9.90. The zero-order valence-corrected chi connectivity index (χ0v) is 20.9. The number of benzene rings is 2. The molecule has 2 aromatic carbocycles. The number of piperidine rings is 1. The van der Waals surface area contributed by atoms with Gasteiger partial charge < -0.3 is 4.90 Å². The largest absolute Gasteiger partial charge is 0.342 e. The minimum atomic E-state index is -0.0417. The number of carbonyl (C=O) groups is 1. The van der Waals surface area contributed by atoms with Crippen LogP contribution in [0, 0.1) is 5.92 Å². The molecule has 0 unspecified atom stereocenters. The van der Waals surface area contributed by atoms with E-state index in [1.54, 1.807) is 4.57 Å². The maximum atomic E-state index is 13.1. The van der Waals surface area contributed by atoms with E-state index in [4.69, 9.17) is 0 Å². The Kier molecular flexibility index (Phi) is 7.18. The molecule has 182 valence electrons. The van der Waals surface area contributed by atoms with Gasteiger partial charge >= 0.3 is 0 Å². The third-order valence-corrected chi connectivity index (χ3v) is 7.79. The molecular weight excluding hydrogens is 458 g/mol. The van der Waals surface area contributed by atoms with Crippen molar-refractivity contribution in [1.29, 1.82) is 0 Å². The van der Waals surface area contributed by atoms with E-state index in [2.05, 4.69) is 41.4 Å². The number of aryl methyl sites for hydroxylation is 1. The Hall–Kier alpha value is -3.13. The number of amides is 1. The predicted molar refractivity (Wildman–Crippen MR) is 140 cm³/mol. The van der Waals surface area contributed by atoms with Crippen molar-refractivity contribution in [2.45, 2.75) is 50.7 Å². The fourth-order valence-electron chi connectivity index (χ4n) is 4.90. The zero-order valence-electron chi connectivity index (χ0n) is 20.1. The van der Waals surface area contributed by atoms with Crippen LogP contribution in [0.1, 0.15) is 38.2 Å². The van der Waals surface area contributed by atoms with Gasteiger partial charge in [-0.3, -0.25) is 18.6 Å². The first kappa shape index (κ1) is 23.6. The summed E-state index contributed by atoms with van der Waals surface area (Å²) in [5.74, 6) is 1.61. The lowest BCUT2D eigenvalue weighted by molar-refractivity contribution is -0.129. The minimum absolute atomic E-state index is 0.0417. The molecule has 0 N–H and O–H groups in total. The summed E-state index contributed by atoms with van der Waals surface area (Å²) >= 11 is 1.40. The number of carbonyl (C=O) groups excluding carboxylic acids is 1. The Morgan fingerprint density at radius 3 is 2.54 bits per heavy atom. The molecule has 0 atom stereocenters. The Balaban J connectivity index is 1.28. The summed E-state index contributed by atoms with van der Waals surface area (Å²) in [6, 6.07) is 18.1. The number of fused-ring (bicyclic) bond motifs is 3. The van der Waals surface area contributed by atoms with E-state index in [0.717, 1.165) is 50.7 Å². The summed E-state index contributed by atoms with van der Waals surface area (Å²) in [6.45, 7) is 4.31. The summed E-state index contributed by atoms with van der Waals surface area (Å²) < 4.78 is 3.64. The van der Waals surface area contributed by atoms with Gasteiger partial charge in [0.2, 0.25) is 11.7 Å². The highest BCUT2D eigenvalue weighted by Gasteiger charge is 2.24. The number of nitrogens with zero attached hydrogens (tertiary/aromatic N) is 5. The maximum absolute atomic E-state index is 13.1. The molecular formula is C27H31N5O2S. The fraction of sp³-hybridized carbons (Fsp3) is 0.407. The first-order chi connectivity index (χ1) is 17.2. The van der Waals surface area contributed by atoms with Crippen molar-refractivity contribution in [3.05, 3.63) is 70.5 Å². The lowest BCUT2D eigenvalue weighted by Crippen LogP contribution is -2.39. The SMILES string of the molecule is CCCCn1c(=O)c2ccccc2n2c(SCC(=O)N3CCC(Cc4ccccc4)CC3)nnc12. The van der Waals surface area contributed by atoms with Gasteiger partial charge in [-0.25, -0.2) is 0 Å². The second kappa shape index (κ2) is 10.6. The molecule has 0 bridgehead atoms. The molecule has 4 aromatic rings. The van der Waals surface area contributed by atoms with Crippen LogP contribution in [-0.4, -0.2) is 48.8 Å². The smallest absolute Gasteiger partial charge is 0.262 e. The standard InChI is InChI=1S/C27H31N5O2S/c1-2-3-15-31-25(34)22-11-7-8-12-23(22)32-26(31)28-29-27(32)35-19-24(33)30-16-13-21(14-17-30)18-20-9-5-4-6-10-20/h4-12,21H,2-3,13-19H2,1H3. The molecule has 7 nitrogen and oxygen atoms in total. The zero-order chi connectivity index (χ0) is 24.2. The van der Waals surface area contributed by atoms with E-state index in [0.29, 0.717) is 34.5 Å². The normalized spacial score (nSPS) is 14.7.